The normalized spacial score (nSPS) is 11.7. The molecule has 0 aliphatic rings. The summed E-state index contributed by atoms with van der Waals surface area (Å²) in [5, 5.41) is 2.84. The summed E-state index contributed by atoms with van der Waals surface area (Å²) in [7, 11) is 1.66. The number of aryl methyl sites for hydroxylation is 1. The molecule has 162 valence electrons. The van der Waals surface area contributed by atoms with Crippen LogP contribution in [0.5, 0.6) is 5.75 Å². The first-order chi connectivity index (χ1) is 14.9. The van der Waals surface area contributed by atoms with Crippen LogP contribution in [0.2, 0.25) is 0 Å². The number of hydrogen-bond donors (Lipinski definition) is 1. The van der Waals surface area contributed by atoms with Gasteiger partial charge in [0.25, 0.3) is 5.91 Å². The maximum absolute atomic E-state index is 12.9. The first-order valence-electron chi connectivity index (χ1n) is 10.2. The minimum Gasteiger partial charge on any atom is -0.485 e. The molecule has 0 saturated carbocycles. The van der Waals surface area contributed by atoms with Crippen LogP contribution >= 0.6 is 0 Å². The van der Waals surface area contributed by atoms with Gasteiger partial charge < -0.3 is 19.4 Å². The Morgan fingerprint density at radius 3 is 2.39 bits per heavy atom. The summed E-state index contributed by atoms with van der Waals surface area (Å²) in [5.41, 5.74) is 3.56. The number of carbonyl (C=O) groups excluding carboxylic acids is 2. The first-order valence-corrected chi connectivity index (χ1v) is 10.2. The van der Waals surface area contributed by atoms with Gasteiger partial charge in [0.15, 0.2) is 6.61 Å². The van der Waals surface area contributed by atoms with Gasteiger partial charge in [-0.1, -0.05) is 30.3 Å². The van der Waals surface area contributed by atoms with Crippen molar-refractivity contribution in [2.24, 2.45) is 0 Å². The van der Waals surface area contributed by atoms with Crippen LogP contribution in [0, 0.1) is 13.8 Å². The van der Waals surface area contributed by atoms with Crippen LogP contribution in [0.15, 0.2) is 60.7 Å². The number of Topliss-reactive ketones (excluding diaryl/α,β-unsaturated/α-hetero) is 1. The number of hydrogen-bond acceptors (Lipinski definition) is 4. The van der Waals surface area contributed by atoms with E-state index in [2.05, 4.69) is 16.8 Å². The van der Waals surface area contributed by atoms with Gasteiger partial charge in [0.05, 0.1) is 18.2 Å². The molecule has 0 bridgehead atoms. The summed E-state index contributed by atoms with van der Waals surface area (Å²) in [4.78, 5) is 25.6. The van der Waals surface area contributed by atoms with Crippen molar-refractivity contribution < 1.29 is 19.1 Å². The zero-order valence-electron chi connectivity index (χ0n) is 18.3. The minimum atomic E-state index is -0.291. The van der Waals surface area contributed by atoms with E-state index in [1.54, 1.807) is 31.4 Å². The number of methoxy groups -OCH3 is 1. The van der Waals surface area contributed by atoms with E-state index >= 15 is 0 Å². The fourth-order valence-electron chi connectivity index (χ4n) is 3.77. The summed E-state index contributed by atoms with van der Waals surface area (Å²) in [6.45, 7) is 6.35. The lowest BCUT2D eigenvalue weighted by Crippen LogP contribution is -2.18. The molecule has 1 aromatic heterocycles. The van der Waals surface area contributed by atoms with Gasteiger partial charge in [0, 0.05) is 29.7 Å². The highest BCUT2D eigenvalue weighted by Gasteiger charge is 2.20. The molecule has 2 aromatic carbocycles. The molecule has 0 aliphatic carbocycles. The lowest BCUT2D eigenvalue weighted by molar-refractivity contribution is 0.0913. The fourth-order valence-corrected chi connectivity index (χ4v) is 3.77. The summed E-state index contributed by atoms with van der Waals surface area (Å²) in [5.74, 6) is -0.0612. The molecule has 31 heavy (non-hydrogen) atoms. The van der Waals surface area contributed by atoms with Gasteiger partial charge in [-0.25, -0.2) is 0 Å². The SMILES string of the molecule is COC[C@H](C)n1c(C)cc(C(=O)COc2ccccc2C(=O)Nc2ccccc2)c1C. The van der Waals surface area contributed by atoms with Crippen molar-refractivity contribution in [3.63, 3.8) is 0 Å². The fraction of sp³-hybridized carbons (Fsp3) is 0.280. The number of nitrogens with one attached hydrogen (secondary N) is 1. The third-order valence-electron chi connectivity index (χ3n) is 5.16. The highest BCUT2D eigenvalue weighted by molar-refractivity contribution is 6.06. The number of rotatable bonds is 9. The van der Waals surface area contributed by atoms with Crippen molar-refractivity contribution in [1.82, 2.24) is 4.57 Å². The maximum Gasteiger partial charge on any atom is 0.259 e. The van der Waals surface area contributed by atoms with Crippen molar-refractivity contribution in [2.75, 3.05) is 25.6 Å². The van der Waals surface area contributed by atoms with Crippen LogP contribution in [-0.4, -0.2) is 36.6 Å². The van der Waals surface area contributed by atoms with E-state index in [0.717, 1.165) is 11.4 Å². The third-order valence-corrected chi connectivity index (χ3v) is 5.16. The number of aromatic nitrogens is 1. The molecule has 1 N–H and O–H groups in total. The van der Waals surface area contributed by atoms with Gasteiger partial charge in [-0.05, 0) is 51.1 Å². The molecule has 1 atom stereocenters. The number of anilines is 1. The highest BCUT2D eigenvalue weighted by Crippen LogP contribution is 2.23. The zero-order chi connectivity index (χ0) is 22.4. The van der Waals surface area contributed by atoms with Crippen molar-refractivity contribution in [3.8, 4) is 5.75 Å². The van der Waals surface area contributed by atoms with E-state index in [1.807, 2.05) is 50.2 Å². The van der Waals surface area contributed by atoms with Crippen LogP contribution in [0.3, 0.4) is 0 Å². The number of ketones is 1. The smallest absolute Gasteiger partial charge is 0.259 e. The molecule has 3 aromatic rings. The average Bonchev–Trinajstić information content (AvgIpc) is 3.07. The van der Waals surface area contributed by atoms with E-state index in [-0.39, 0.29) is 24.3 Å². The van der Waals surface area contributed by atoms with Gasteiger partial charge in [-0.15, -0.1) is 0 Å². The summed E-state index contributed by atoms with van der Waals surface area (Å²) < 4.78 is 13.1. The largest absolute Gasteiger partial charge is 0.485 e. The molecule has 3 rings (SSSR count). The molecular weight excluding hydrogens is 392 g/mol. The molecule has 0 unspecified atom stereocenters. The van der Waals surface area contributed by atoms with E-state index in [9.17, 15) is 9.59 Å². The van der Waals surface area contributed by atoms with Crippen LogP contribution in [0.25, 0.3) is 0 Å². The first kappa shape index (κ1) is 22.3. The van der Waals surface area contributed by atoms with Crippen molar-refractivity contribution in [2.45, 2.75) is 26.8 Å². The quantitative estimate of drug-likeness (QED) is 0.504. The van der Waals surface area contributed by atoms with E-state index < -0.39 is 0 Å². The Labute approximate surface area is 182 Å². The second-order valence-electron chi connectivity index (χ2n) is 7.49. The lowest BCUT2D eigenvalue weighted by Gasteiger charge is -2.17. The molecule has 1 heterocycles. The molecule has 0 aliphatic heterocycles. The lowest BCUT2D eigenvalue weighted by atomic mass is 10.1. The minimum absolute atomic E-state index is 0.120. The molecular formula is C25H28N2O4. The summed E-state index contributed by atoms with van der Waals surface area (Å²) in [6.07, 6.45) is 0. The number of carbonyl (C=O) groups is 2. The summed E-state index contributed by atoms with van der Waals surface area (Å²) >= 11 is 0. The van der Waals surface area contributed by atoms with Crippen LogP contribution in [-0.2, 0) is 4.74 Å². The average molecular weight is 421 g/mol. The van der Waals surface area contributed by atoms with Crippen LogP contribution in [0.4, 0.5) is 5.69 Å². The van der Waals surface area contributed by atoms with Crippen molar-refractivity contribution >= 4 is 17.4 Å². The molecule has 6 nitrogen and oxygen atoms in total. The monoisotopic (exact) mass is 420 g/mol. The standard InChI is InChI=1S/C25H28N2O4/c1-17-14-22(19(3)27(17)18(2)15-30-4)23(28)16-31-24-13-9-8-12-21(24)25(29)26-20-10-6-5-7-11-20/h5-14,18H,15-16H2,1-4H3,(H,26,29)/t18-/m0/s1. The number of nitrogens with zero attached hydrogens (tertiary/aromatic N) is 1. The Kier molecular flexibility index (Phi) is 7.26. The Balaban J connectivity index is 1.73. The van der Waals surface area contributed by atoms with Crippen LogP contribution in [0.1, 0.15) is 45.1 Å². The van der Waals surface area contributed by atoms with E-state index in [1.165, 1.54) is 0 Å². The van der Waals surface area contributed by atoms with Crippen LogP contribution < -0.4 is 10.1 Å². The zero-order valence-corrected chi connectivity index (χ0v) is 18.3. The van der Waals surface area contributed by atoms with E-state index in [4.69, 9.17) is 9.47 Å². The summed E-state index contributed by atoms with van der Waals surface area (Å²) in [6, 6.07) is 18.1. The van der Waals surface area contributed by atoms with Crippen molar-refractivity contribution in [1.29, 1.82) is 0 Å². The number of benzene rings is 2. The number of amides is 1. The van der Waals surface area contributed by atoms with E-state index in [0.29, 0.717) is 29.2 Å². The Hall–Kier alpha value is -3.38. The molecule has 0 saturated heterocycles. The Morgan fingerprint density at radius 1 is 1.00 bits per heavy atom. The predicted octanol–water partition coefficient (Wildman–Crippen LogP) is 4.83. The predicted molar refractivity (Wildman–Crippen MR) is 121 cm³/mol. The Bertz CT molecular complexity index is 1060. The topological polar surface area (TPSA) is 69.6 Å². The molecule has 1 amide bonds. The molecule has 0 fully saturated rings. The second-order valence-corrected chi connectivity index (χ2v) is 7.49. The molecule has 6 heteroatoms. The molecule has 0 radical (unpaired) electrons. The highest BCUT2D eigenvalue weighted by atomic mass is 16.5. The van der Waals surface area contributed by atoms with Crippen molar-refractivity contribution in [3.05, 3.63) is 83.2 Å². The second kappa shape index (κ2) is 10.1. The van der Waals surface area contributed by atoms with Gasteiger partial charge in [0.2, 0.25) is 5.78 Å². The van der Waals surface area contributed by atoms with Gasteiger partial charge in [-0.2, -0.15) is 0 Å². The molecule has 0 spiro atoms. The third kappa shape index (κ3) is 5.22. The Morgan fingerprint density at radius 2 is 1.68 bits per heavy atom. The van der Waals surface area contributed by atoms with Gasteiger partial charge >= 0.3 is 0 Å². The number of ether oxygens (including phenoxy) is 2. The maximum atomic E-state index is 12.9. The van der Waals surface area contributed by atoms with Gasteiger partial charge in [-0.3, -0.25) is 9.59 Å². The van der Waals surface area contributed by atoms with Gasteiger partial charge in [0.1, 0.15) is 5.75 Å². The number of para-hydroxylation sites is 2.